The van der Waals surface area contributed by atoms with Gasteiger partial charge in [-0.05, 0) is 26.0 Å². The first-order valence-electron chi connectivity index (χ1n) is 5.24. The van der Waals surface area contributed by atoms with Crippen molar-refractivity contribution in [3.63, 3.8) is 0 Å². The lowest BCUT2D eigenvalue weighted by molar-refractivity contribution is 0.424. The van der Waals surface area contributed by atoms with Crippen molar-refractivity contribution in [2.75, 3.05) is 7.05 Å². The summed E-state index contributed by atoms with van der Waals surface area (Å²) in [6.45, 7) is 0.756. The van der Waals surface area contributed by atoms with Crippen molar-refractivity contribution in [1.29, 1.82) is 0 Å². The minimum atomic E-state index is 0.563. The molecule has 1 heterocycles. The summed E-state index contributed by atoms with van der Waals surface area (Å²) < 4.78 is 5.74. The molecule has 0 amide bonds. The predicted octanol–water partition coefficient (Wildman–Crippen LogP) is 3.31. The number of hydrogen-bond acceptors (Lipinski definition) is 2. The average molecular weight is 214 g/mol. The van der Waals surface area contributed by atoms with Crippen LogP contribution in [0.25, 0.3) is 0 Å². The van der Waals surface area contributed by atoms with E-state index in [9.17, 15) is 0 Å². The molecule has 2 rings (SSSR count). The third kappa shape index (κ3) is 1.96. The van der Waals surface area contributed by atoms with E-state index in [-0.39, 0.29) is 0 Å². The van der Waals surface area contributed by atoms with Crippen molar-refractivity contribution in [3.8, 4) is 0 Å². The van der Waals surface area contributed by atoms with Crippen LogP contribution in [0.4, 0.5) is 0 Å². The fourth-order valence-electron chi connectivity index (χ4n) is 2.16. The highest BCUT2D eigenvalue weighted by Crippen LogP contribution is 2.38. The first-order chi connectivity index (χ1) is 6.81. The Morgan fingerprint density at radius 1 is 1.50 bits per heavy atom. The summed E-state index contributed by atoms with van der Waals surface area (Å²) in [6.07, 6.45) is 5.07. The minimum Gasteiger partial charge on any atom is -0.463 e. The van der Waals surface area contributed by atoms with Crippen LogP contribution in [0.15, 0.2) is 10.5 Å². The van der Waals surface area contributed by atoms with Crippen LogP contribution in [-0.4, -0.2) is 7.05 Å². The Kier molecular flexibility index (Phi) is 3.14. The van der Waals surface area contributed by atoms with Crippen molar-refractivity contribution in [1.82, 2.24) is 5.32 Å². The molecule has 1 saturated carbocycles. The van der Waals surface area contributed by atoms with E-state index in [4.69, 9.17) is 16.0 Å². The summed E-state index contributed by atoms with van der Waals surface area (Å²) in [5, 5.41) is 3.87. The molecule has 1 aromatic rings. The van der Waals surface area contributed by atoms with Gasteiger partial charge < -0.3 is 9.73 Å². The lowest BCUT2D eigenvalue weighted by atomic mass is 10.1. The van der Waals surface area contributed by atoms with Crippen molar-refractivity contribution in [2.45, 2.75) is 38.1 Å². The normalized spacial score (nSPS) is 17.9. The average Bonchev–Trinajstić information content (AvgIpc) is 2.74. The highest BCUT2D eigenvalue weighted by molar-refractivity contribution is 6.31. The molecule has 2 nitrogen and oxygen atoms in total. The van der Waals surface area contributed by atoms with E-state index in [1.807, 2.05) is 13.1 Å². The van der Waals surface area contributed by atoms with Crippen LogP contribution < -0.4 is 5.32 Å². The summed E-state index contributed by atoms with van der Waals surface area (Å²) in [7, 11) is 1.91. The van der Waals surface area contributed by atoms with Crippen molar-refractivity contribution in [3.05, 3.63) is 22.6 Å². The van der Waals surface area contributed by atoms with Gasteiger partial charge in [-0.2, -0.15) is 0 Å². The summed E-state index contributed by atoms with van der Waals surface area (Å²) in [5.41, 5.74) is 0. The summed E-state index contributed by atoms with van der Waals surface area (Å²) in [4.78, 5) is 0. The maximum absolute atomic E-state index is 6.14. The zero-order valence-electron chi connectivity index (χ0n) is 8.48. The first-order valence-corrected chi connectivity index (χ1v) is 5.61. The van der Waals surface area contributed by atoms with Gasteiger partial charge in [0.2, 0.25) is 0 Å². The molecule has 0 aliphatic heterocycles. The van der Waals surface area contributed by atoms with Gasteiger partial charge in [-0.15, -0.1) is 0 Å². The Hall–Kier alpha value is -0.470. The Morgan fingerprint density at radius 3 is 2.86 bits per heavy atom. The van der Waals surface area contributed by atoms with Gasteiger partial charge in [-0.25, -0.2) is 0 Å². The topological polar surface area (TPSA) is 25.2 Å². The minimum absolute atomic E-state index is 0.563. The van der Waals surface area contributed by atoms with Crippen LogP contribution in [-0.2, 0) is 6.54 Å². The van der Waals surface area contributed by atoms with Gasteiger partial charge in [0, 0.05) is 5.92 Å². The Bertz CT molecular complexity index is 302. The van der Waals surface area contributed by atoms with Gasteiger partial charge in [-0.1, -0.05) is 24.4 Å². The van der Waals surface area contributed by atoms with E-state index < -0.39 is 0 Å². The molecule has 0 unspecified atom stereocenters. The molecule has 0 radical (unpaired) electrons. The molecule has 1 aromatic heterocycles. The molecule has 0 aromatic carbocycles. The zero-order valence-corrected chi connectivity index (χ0v) is 9.23. The second kappa shape index (κ2) is 4.37. The molecule has 14 heavy (non-hydrogen) atoms. The Morgan fingerprint density at radius 2 is 2.21 bits per heavy atom. The SMILES string of the molecule is CNCc1cc(Cl)c(C2CCCC2)o1. The Balaban J connectivity index is 2.15. The summed E-state index contributed by atoms with van der Waals surface area (Å²) in [6, 6.07) is 1.94. The van der Waals surface area contributed by atoms with E-state index in [2.05, 4.69) is 5.32 Å². The molecule has 0 bridgehead atoms. The van der Waals surface area contributed by atoms with E-state index in [0.29, 0.717) is 5.92 Å². The van der Waals surface area contributed by atoms with E-state index >= 15 is 0 Å². The third-order valence-corrected chi connectivity index (χ3v) is 3.14. The molecular formula is C11H16ClNO. The number of nitrogens with one attached hydrogen (secondary N) is 1. The lowest BCUT2D eigenvalue weighted by Crippen LogP contribution is -2.03. The van der Waals surface area contributed by atoms with Crippen molar-refractivity contribution in [2.24, 2.45) is 0 Å². The van der Waals surface area contributed by atoms with Gasteiger partial charge in [0.05, 0.1) is 11.6 Å². The molecular weight excluding hydrogens is 198 g/mol. The summed E-state index contributed by atoms with van der Waals surface area (Å²) in [5.74, 6) is 2.52. The maximum atomic E-state index is 6.14. The van der Waals surface area contributed by atoms with Crippen LogP contribution in [0.2, 0.25) is 5.02 Å². The molecule has 0 saturated heterocycles. The lowest BCUT2D eigenvalue weighted by Gasteiger charge is -2.05. The van der Waals surface area contributed by atoms with Gasteiger partial charge >= 0.3 is 0 Å². The van der Waals surface area contributed by atoms with Crippen LogP contribution in [0.5, 0.6) is 0 Å². The number of hydrogen-bond donors (Lipinski definition) is 1. The summed E-state index contributed by atoms with van der Waals surface area (Å²) >= 11 is 6.14. The van der Waals surface area contributed by atoms with E-state index in [0.717, 1.165) is 23.1 Å². The van der Waals surface area contributed by atoms with Gasteiger partial charge in [-0.3, -0.25) is 0 Å². The first kappa shape index (κ1) is 10.1. The molecule has 3 heteroatoms. The fraction of sp³-hybridized carbons (Fsp3) is 0.636. The standard InChI is InChI=1S/C11H16ClNO/c1-13-7-9-6-10(12)11(14-9)8-4-2-3-5-8/h6,8,13H,2-5,7H2,1H3. The van der Waals surface area contributed by atoms with Gasteiger partial charge in [0.15, 0.2) is 0 Å². The molecule has 1 aliphatic rings. The van der Waals surface area contributed by atoms with Crippen LogP contribution >= 0.6 is 11.6 Å². The van der Waals surface area contributed by atoms with Crippen molar-refractivity contribution >= 4 is 11.6 Å². The fourth-order valence-corrected chi connectivity index (χ4v) is 2.47. The van der Waals surface area contributed by atoms with Crippen molar-refractivity contribution < 1.29 is 4.42 Å². The molecule has 0 spiro atoms. The molecule has 1 aliphatic carbocycles. The highest BCUT2D eigenvalue weighted by atomic mass is 35.5. The van der Waals surface area contributed by atoms with Gasteiger partial charge in [0.25, 0.3) is 0 Å². The molecule has 0 atom stereocenters. The number of rotatable bonds is 3. The number of furan rings is 1. The largest absolute Gasteiger partial charge is 0.463 e. The van der Waals surface area contributed by atoms with Gasteiger partial charge in [0.1, 0.15) is 11.5 Å². The van der Waals surface area contributed by atoms with E-state index in [1.54, 1.807) is 0 Å². The van der Waals surface area contributed by atoms with Crippen LogP contribution in [0, 0.1) is 0 Å². The molecule has 1 N–H and O–H groups in total. The Labute approximate surface area is 89.6 Å². The second-order valence-corrected chi connectivity index (χ2v) is 4.34. The zero-order chi connectivity index (χ0) is 9.97. The van der Waals surface area contributed by atoms with Crippen LogP contribution in [0.1, 0.15) is 43.1 Å². The number of halogens is 1. The second-order valence-electron chi connectivity index (χ2n) is 3.94. The predicted molar refractivity (Wildman–Crippen MR) is 57.7 cm³/mol. The third-order valence-electron chi connectivity index (χ3n) is 2.84. The highest BCUT2D eigenvalue weighted by Gasteiger charge is 2.23. The monoisotopic (exact) mass is 213 g/mol. The molecule has 78 valence electrons. The quantitative estimate of drug-likeness (QED) is 0.834. The smallest absolute Gasteiger partial charge is 0.125 e. The van der Waals surface area contributed by atoms with Crippen LogP contribution in [0.3, 0.4) is 0 Å². The maximum Gasteiger partial charge on any atom is 0.125 e. The van der Waals surface area contributed by atoms with E-state index in [1.165, 1.54) is 25.7 Å². The molecule has 1 fully saturated rings.